The van der Waals surface area contributed by atoms with E-state index in [1.54, 1.807) is 36.0 Å². The molecule has 0 amide bonds. The zero-order chi connectivity index (χ0) is 23.2. The quantitative estimate of drug-likeness (QED) is 0.459. The number of aryl methyl sites for hydroxylation is 1. The van der Waals surface area contributed by atoms with Gasteiger partial charge in [-0.25, -0.2) is 22.8 Å². The predicted octanol–water partition coefficient (Wildman–Crippen LogP) is 4.17. The standard InChI is InChI=1S/C23H21ClFN5O2S/c1-29-13-22(27-14-29)33(31,32)30-11-19(15-5-7-18(25)8-6-15)20(12-30)23-26-10-21(28-23)16-3-2-4-17(24)9-16/h2-10,13-14,19-20H,11-12H2,1H3,(H,26,28). The van der Waals surface area contributed by atoms with Crippen LogP contribution >= 0.6 is 11.6 Å². The van der Waals surface area contributed by atoms with Crippen molar-refractivity contribution in [2.45, 2.75) is 16.9 Å². The largest absolute Gasteiger partial charge is 0.342 e. The van der Waals surface area contributed by atoms with Crippen LogP contribution in [0.2, 0.25) is 5.02 Å². The Morgan fingerprint density at radius 3 is 2.55 bits per heavy atom. The maximum atomic E-state index is 13.6. The van der Waals surface area contributed by atoms with Crippen LogP contribution in [0.3, 0.4) is 0 Å². The van der Waals surface area contributed by atoms with Gasteiger partial charge >= 0.3 is 0 Å². The number of H-pyrrole nitrogens is 1. The lowest BCUT2D eigenvalue weighted by atomic mass is 9.88. The van der Waals surface area contributed by atoms with Gasteiger partial charge in [0.2, 0.25) is 0 Å². The van der Waals surface area contributed by atoms with Crippen LogP contribution in [-0.4, -0.2) is 45.3 Å². The maximum Gasteiger partial charge on any atom is 0.262 e. The molecule has 0 bridgehead atoms. The number of nitrogens with one attached hydrogen (secondary N) is 1. The van der Waals surface area contributed by atoms with E-state index in [0.29, 0.717) is 10.8 Å². The molecule has 7 nitrogen and oxygen atoms in total. The monoisotopic (exact) mass is 485 g/mol. The van der Waals surface area contributed by atoms with Crippen LogP contribution in [-0.2, 0) is 17.1 Å². The molecule has 5 rings (SSSR count). The average molecular weight is 486 g/mol. The molecule has 2 aromatic carbocycles. The molecule has 10 heteroatoms. The van der Waals surface area contributed by atoms with Crippen molar-refractivity contribution in [2.24, 2.45) is 7.05 Å². The van der Waals surface area contributed by atoms with Crippen molar-refractivity contribution in [2.75, 3.05) is 13.1 Å². The minimum atomic E-state index is -3.79. The summed E-state index contributed by atoms with van der Waals surface area (Å²) < 4.78 is 43.1. The first-order chi connectivity index (χ1) is 15.8. The molecule has 33 heavy (non-hydrogen) atoms. The molecule has 1 N–H and O–H groups in total. The van der Waals surface area contributed by atoms with E-state index >= 15 is 0 Å². The van der Waals surface area contributed by atoms with Crippen molar-refractivity contribution in [3.63, 3.8) is 0 Å². The Kier molecular flexibility index (Phi) is 5.55. The fourth-order valence-electron chi connectivity index (χ4n) is 4.27. The zero-order valence-electron chi connectivity index (χ0n) is 17.7. The van der Waals surface area contributed by atoms with Crippen LogP contribution in [0.15, 0.2) is 72.3 Å². The normalized spacial score (nSPS) is 19.2. The summed E-state index contributed by atoms with van der Waals surface area (Å²) in [5.41, 5.74) is 2.52. The Bertz CT molecular complexity index is 1400. The highest BCUT2D eigenvalue weighted by Crippen LogP contribution is 2.41. The maximum absolute atomic E-state index is 13.6. The van der Waals surface area contributed by atoms with Gasteiger partial charge in [-0.15, -0.1) is 0 Å². The van der Waals surface area contributed by atoms with E-state index in [2.05, 4.69) is 15.0 Å². The van der Waals surface area contributed by atoms with E-state index in [1.807, 2.05) is 18.2 Å². The zero-order valence-corrected chi connectivity index (χ0v) is 19.3. The Hall–Kier alpha value is -3.01. The fraction of sp³-hybridized carbons (Fsp3) is 0.217. The van der Waals surface area contributed by atoms with Crippen LogP contribution in [0.1, 0.15) is 23.2 Å². The highest BCUT2D eigenvalue weighted by Gasteiger charge is 2.42. The molecule has 2 aromatic heterocycles. The minimum Gasteiger partial charge on any atom is -0.342 e. The van der Waals surface area contributed by atoms with Crippen molar-refractivity contribution in [3.05, 3.63) is 89.5 Å². The first-order valence-electron chi connectivity index (χ1n) is 10.4. The van der Waals surface area contributed by atoms with E-state index in [0.717, 1.165) is 16.8 Å². The lowest BCUT2D eigenvalue weighted by Gasteiger charge is -2.17. The molecule has 0 aliphatic carbocycles. The molecule has 2 unspecified atom stereocenters. The molecule has 0 spiro atoms. The Morgan fingerprint density at radius 2 is 1.85 bits per heavy atom. The highest BCUT2D eigenvalue weighted by atomic mass is 35.5. The number of sulfonamides is 1. The minimum absolute atomic E-state index is 0.00238. The molecule has 2 atom stereocenters. The SMILES string of the molecule is Cn1cnc(S(=O)(=O)N2CC(c3ccc(F)cc3)C(c3ncc(-c4cccc(Cl)c4)[nH]3)C2)c1. The van der Waals surface area contributed by atoms with Crippen LogP contribution < -0.4 is 0 Å². The van der Waals surface area contributed by atoms with Gasteiger partial charge in [-0.1, -0.05) is 35.9 Å². The molecule has 3 heterocycles. The van der Waals surface area contributed by atoms with Crippen molar-refractivity contribution < 1.29 is 12.8 Å². The number of imidazole rings is 2. The number of aromatic amines is 1. The molecule has 1 fully saturated rings. The lowest BCUT2D eigenvalue weighted by Crippen LogP contribution is -2.29. The number of hydrogen-bond donors (Lipinski definition) is 1. The Morgan fingerprint density at radius 1 is 1.09 bits per heavy atom. The van der Waals surface area contributed by atoms with Gasteiger partial charge in [0.25, 0.3) is 10.0 Å². The third kappa shape index (κ3) is 4.19. The summed E-state index contributed by atoms with van der Waals surface area (Å²) in [4.78, 5) is 12.0. The van der Waals surface area contributed by atoms with Crippen molar-refractivity contribution >= 4 is 21.6 Å². The fourth-order valence-corrected chi connectivity index (χ4v) is 5.92. The first kappa shape index (κ1) is 21.8. The third-order valence-corrected chi connectivity index (χ3v) is 7.90. The van der Waals surface area contributed by atoms with Crippen molar-refractivity contribution in [3.8, 4) is 11.3 Å². The van der Waals surface area contributed by atoms with Crippen molar-refractivity contribution in [1.82, 2.24) is 23.8 Å². The highest BCUT2D eigenvalue weighted by molar-refractivity contribution is 7.89. The van der Waals surface area contributed by atoms with Crippen LogP contribution in [0.5, 0.6) is 0 Å². The van der Waals surface area contributed by atoms with E-state index in [-0.39, 0.29) is 35.8 Å². The molecule has 170 valence electrons. The number of rotatable bonds is 5. The number of hydrogen-bond acceptors (Lipinski definition) is 4. The summed E-state index contributed by atoms with van der Waals surface area (Å²) in [7, 11) is -2.07. The summed E-state index contributed by atoms with van der Waals surface area (Å²) >= 11 is 6.13. The number of benzene rings is 2. The Labute approximate surface area is 195 Å². The van der Waals surface area contributed by atoms with E-state index in [4.69, 9.17) is 11.6 Å². The van der Waals surface area contributed by atoms with E-state index < -0.39 is 10.0 Å². The molecule has 0 radical (unpaired) electrons. The summed E-state index contributed by atoms with van der Waals surface area (Å²) in [6, 6.07) is 13.6. The molecular weight excluding hydrogens is 465 g/mol. The van der Waals surface area contributed by atoms with Gasteiger partial charge in [-0.2, -0.15) is 4.31 Å². The van der Waals surface area contributed by atoms with Gasteiger partial charge in [0.1, 0.15) is 11.6 Å². The summed E-state index contributed by atoms with van der Waals surface area (Å²) in [6.07, 6.45) is 4.67. The van der Waals surface area contributed by atoms with E-state index in [9.17, 15) is 12.8 Å². The Balaban J connectivity index is 1.52. The second-order valence-corrected chi connectivity index (χ2v) is 10.5. The van der Waals surface area contributed by atoms with Gasteiger partial charge in [0, 0.05) is 48.8 Å². The van der Waals surface area contributed by atoms with E-state index in [1.165, 1.54) is 29.0 Å². The van der Waals surface area contributed by atoms with Crippen LogP contribution in [0, 0.1) is 5.82 Å². The number of aromatic nitrogens is 4. The molecule has 1 aliphatic rings. The first-order valence-corrected chi connectivity index (χ1v) is 12.2. The number of halogens is 2. The van der Waals surface area contributed by atoms with Crippen molar-refractivity contribution in [1.29, 1.82) is 0 Å². The third-order valence-electron chi connectivity index (χ3n) is 5.95. The summed E-state index contributed by atoms with van der Waals surface area (Å²) in [5, 5.41) is 0.615. The van der Waals surface area contributed by atoms with Crippen LogP contribution in [0.4, 0.5) is 4.39 Å². The van der Waals surface area contributed by atoms with Gasteiger partial charge in [-0.3, -0.25) is 0 Å². The van der Waals surface area contributed by atoms with Gasteiger partial charge < -0.3 is 9.55 Å². The number of nitrogens with zero attached hydrogens (tertiary/aromatic N) is 4. The molecule has 1 aliphatic heterocycles. The lowest BCUT2D eigenvalue weighted by molar-refractivity contribution is 0.467. The second kappa shape index (κ2) is 8.40. The van der Waals surface area contributed by atoms with Gasteiger partial charge in [-0.05, 0) is 29.8 Å². The predicted molar refractivity (Wildman–Crippen MR) is 123 cm³/mol. The van der Waals surface area contributed by atoms with Gasteiger partial charge in [0.15, 0.2) is 5.03 Å². The topological polar surface area (TPSA) is 83.9 Å². The second-order valence-electron chi connectivity index (χ2n) is 8.16. The average Bonchev–Trinajstić information content (AvgIpc) is 3.53. The molecule has 1 saturated heterocycles. The molecule has 4 aromatic rings. The smallest absolute Gasteiger partial charge is 0.262 e. The molecule has 0 saturated carbocycles. The van der Waals surface area contributed by atoms with Crippen LogP contribution in [0.25, 0.3) is 11.3 Å². The van der Waals surface area contributed by atoms with Gasteiger partial charge in [0.05, 0.1) is 18.2 Å². The summed E-state index contributed by atoms with van der Waals surface area (Å²) in [6.45, 7) is 0.464. The molecular formula is C23H21ClFN5O2S. The summed E-state index contributed by atoms with van der Waals surface area (Å²) in [5.74, 6) is -0.130.